The number of nitrogens with one attached hydrogen (secondary N) is 1. The van der Waals surface area contributed by atoms with E-state index in [0.717, 1.165) is 12.1 Å². The maximum Gasteiger partial charge on any atom is 0.267 e. The molecule has 0 saturated carbocycles. The SMILES string of the molecule is O=S(=O)(Nc1nccnn1)c1cc(Cl)cc(CO)c1F. The summed E-state index contributed by atoms with van der Waals surface area (Å²) in [7, 11) is -4.28. The zero-order chi connectivity index (χ0) is 14.8. The normalized spacial score (nSPS) is 11.3. The van der Waals surface area contributed by atoms with Gasteiger partial charge in [-0.25, -0.2) is 22.5 Å². The number of aliphatic hydroxyl groups excluding tert-OH is 1. The monoisotopic (exact) mass is 318 g/mol. The van der Waals surface area contributed by atoms with Crippen molar-refractivity contribution in [2.24, 2.45) is 0 Å². The summed E-state index contributed by atoms with van der Waals surface area (Å²) in [5.74, 6) is -1.40. The molecule has 0 aliphatic carbocycles. The molecule has 0 unspecified atom stereocenters. The number of halogens is 2. The highest BCUT2D eigenvalue weighted by molar-refractivity contribution is 7.92. The number of benzene rings is 1. The Balaban J connectivity index is 2.47. The van der Waals surface area contributed by atoms with Gasteiger partial charge in [-0.1, -0.05) is 11.6 Å². The molecule has 0 fully saturated rings. The molecule has 0 radical (unpaired) electrons. The van der Waals surface area contributed by atoms with Gasteiger partial charge in [0, 0.05) is 10.6 Å². The molecule has 0 bridgehead atoms. The molecule has 0 aliphatic heterocycles. The summed E-state index contributed by atoms with van der Waals surface area (Å²) in [6, 6.07) is 2.06. The lowest BCUT2D eigenvalue weighted by Gasteiger charge is -2.09. The number of rotatable bonds is 4. The minimum atomic E-state index is -4.28. The number of nitrogens with zero attached hydrogens (tertiary/aromatic N) is 3. The van der Waals surface area contributed by atoms with Gasteiger partial charge in [0.05, 0.1) is 19.0 Å². The molecule has 2 rings (SSSR count). The predicted molar refractivity (Wildman–Crippen MR) is 68.0 cm³/mol. The van der Waals surface area contributed by atoms with Crippen molar-refractivity contribution in [3.05, 3.63) is 40.9 Å². The van der Waals surface area contributed by atoms with E-state index >= 15 is 0 Å². The standard InChI is InChI=1S/C10H8ClFN4O3S/c11-7-3-6(5-17)9(12)8(4-7)20(18,19)16-10-13-1-2-14-15-10/h1-4,17H,5H2,(H,13,15,16). The molecule has 0 amide bonds. The number of hydrogen-bond acceptors (Lipinski definition) is 6. The van der Waals surface area contributed by atoms with Crippen LogP contribution in [0.25, 0.3) is 0 Å². The lowest BCUT2D eigenvalue weighted by atomic mass is 10.2. The van der Waals surface area contributed by atoms with E-state index in [2.05, 4.69) is 15.2 Å². The van der Waals surface area contributed by atoms with Crippen LogP contribution in [0.3, 0.4) is 0 Å². The Hall–Kier alpha value is -1.84. The number of aliphatic hydroxyl groups is 1. The topological polar surface area (TPSA) is 105 Å². The van der Waals surface area contributed by atoms with Crippen molar-refractivity contribution < 1.29 is 17.9 Å². The second-order valence-corrected chi connectivity index (χ2v) is 5.69. The van der Waals surface area contributed by atoms with Crippen LogP contribution in [0.2, 0.25) is 5.02 Å². The van der Waals surface area contributed by atoms with Gasteiger partial charge < -0.3 is 5.11 Å². The van der Waals surface area contributed by atoms with Gasteiger partial charge in [0.25, 0.3) is 16.0 Å². The molecular weight excluding hydrogens is 311 g/mol. The average molecular weight is 319 g/mol. The van der Waals surface area contributed by atoms with Crippen LogP contribution in [0.15, 0.2) is 29.4 Å². The van der Waals surface area contributed by atoms with Crippen molar-refractivity contribution in [1.29, 1.82) is 0 Å². The number of anilines is 1. The van der Waals surface area contributed by atoms with Gasteiger partial charge in [0.15, 0.2) is 0 Å². The minimum Gasteiger partial charge on any atom is -0.392 e. The highest BCUT2D eigenvalue weighted by atomic mass is 35.5. The summed E-state index contributed by atoms with van der Waals surface area (Å²) in [5.41, 5.74) is -0.231. The zero-order valence-corrected chi connectivity index (χ0v) is 11.4. The fraction of sp³-hybridized carbons (Fsp3) is 0.100. The molecule has 1 aromatic heterocycles. The fourth-order valence-corrected chi connectivity index (χ4v) is 2.80. The molecule has 2 aromatic rings. The number of aromatic nitrogens is 3. The molecular formula is C10H8ClFN4O3S. The van der Waals surface area contributed by atoms with Gasteiger partial charge in [-0.3, -0.25) is 0 Å². The third-order valence-corrected chi connectivity index (χ3v) is 3.79. The minimum absolute atomic E-state index is 0.0251. The first-order chi connectivity index (χ1) is 9.44. The van der Waals surface area contributed by atoms with Gasteiger partial charge in [-0.15, -0.1) is 5.10 Å². The molecule has 7 nitrogen and oxygen atoms in total. The summed E-state index contributed by atoms with van der Waals surface area (Å²) in [6.07, 6.45) is 2.47. The van der Waals surface area contributed by atoms with E-state index in [0.29, 0.717) is 0 Å². The van der Waals surface area contributed by atoms with Crippen molar-refractivity contribution in [3.63, 3.8) is 0 Å². The fourth-order valence-electron chi connectivity index (χ4n) is 1.40. The Morgan fingerprint density at radius 2 is 2.10 bits per heavy atom. The van der Waals surface area contributed by atoms with E-state index < -0.39 is 27.3 Å². The Kier molecular flexibility index (Phi) is 4.12. The largest absolute Gasteiger partial charge is 0.392 e. The first-order valence-corrected chi connectivity index (χ1v) is 7.05. The highest BCUT2D eigenvalue weighted by Crippen LogP contribution is 2.24. The van der Waals surface area contributed by atoms with Crippen molar-refractivity contribution in [2.75, 3.05) is 4.72 Å². The Labute approximate surface area is 118 Å². The van der Waals surface area contributed by atoms with Gasteiger partial charge >= 0.3 is 0 Å². The summed E-state index contributed by atoms with van der Waals surface area (Å²) in [6.45, 7) is -0.682. The second-order valence-electron chi connectivity index (χ2n) is 3.61. The van der Waals surface area contributed by atoms with Crippen LogP contribution >= 0.6 is 11.6 Å². The van der Waals surface area contributed by atoms with Crippen molar-refractivity contribution in [2.45, 2.75) is 11.5 Å². The van der Waals surface area contributed by atoms with E-state index in [1.165, 1.54) is 12.4 Å². The molecule has 2 N–H and O–H groups in total. The summed E-state index contributed by atoms with van der Waals surface area (Å²) in [5, 5.41) is 15.8. The number of sulfonamides is 1. The van der Waals surface area contributed by atoms with Crippen LogP contribution in [0.5, 0.6) is 0 Å². The summed E-state index contributed by atoms with van der Waals surface area (Å²) in [4.78, 5) is 2.91. The van der Waals surface area contributed by atoms with E-state index in [1.54, 1.807) is 0 Å². The van der Waals surface area contributed by atoms with Gasteiger partial charge in [-0.05, 0) is 12.1 Å². The van der Waals surface area contributed by atoms with E-state index in [-0.39, 0.29) is 16.5 Å². The average Bonchev–Trinajstić information content (AvgIpc) is 2.41. The molecule has 20 heavy (non-hydrogen) atoms. The quantitative estimate of drug-likeness (QED) is 0.870. The molecule has 1 heterocycles. The summed E-state index contributed by atoms with van der Waals surface area (Å²) >= 11 is 5.70. The van der Waals surface area contributed by atoms with Crippen LogP contribution in [0, 0.1) is 5.82 Å². The third-order valence-electron chi connectivity index (χ3n) is 2.25. The van der Waals surface area contributed by atoms with Crippen molar-refractivity contribution in [1.82, 2.24) is 15.2 Å². The van der Waals surface area contributed by atoms with Gasteiger partial charge in [-0.2, -0.15) is 5.10 Å². The van der Waals surface area contributed by atoms with Crippen LogP contribution in [-0.2, 0) is 16.6 Å². The molecule has 10 heteroatoms. The van der Waals surface area contributed by atoms with Crippen LogP contribution in [-0.4, -0.2) is 28.7 Å². The zero-order valence-electron chi connectivity index (χ0n) is 9.79. The Bertz CT molecular complexity index is 727. The first-order valence-electron chi connectivity index (χ1n) is 5.19. The Morgan fingerprint density at radius 1 is 1.35 bits per heavy atom. The molecule has 106 valence electrons. The molecule has 0 saturated heterocycles. The third kappa shape index (κ3) is 3.00. The van der Waals surface area contributed by atoms with Gasteiger partial charge in [0.1, 0.15) is 10.7 Å². The predicted octanol–water partition coefficient (Wildman–Crippen LogP) is 0.957. The highest BCUT2D eigenvalue weighted by Gasteiger charge is 2.23. The maximum absolute atomic E-state index is 14.0. The van der Waals surface area contributed by atoms with Crippen LogP contribution in [0.1, 0.15) is 5.56 Å². The van der Waals surface area contributed by atoms with Crippen molar-refractivity contribution >= 4 is 27.6 Å². The Morgan fingerprint density at radius 3 is 2.70 bits per heavy atom. The second kappa shape index (κ2) is 5.65. The lowest BCUT2D eigenvalue weighted by molar-refractivity contribution is 0.274. The molecule has 1 aromatic carbocycles. The van der Waals surface area contributed by atoms with Crippen LogP contribution in [0.4, 0.5) is 10.3 Å². The summed E-state index contributed by atoms with van der Waals surface area (Å²) < 4.78 is 40.0. The first kappa shape index (κ1) is 14.6. The van der Waals surface area contributed by atoms with E-state index in [9.17, 15) is 12.8 Å². The molecule has 0 atom stereocenters. The molecule has 0 aliphatic rings. The maximum atomic E-state index is 14.0. The van der Waals surface area contributed by atoms with E-state index in [4.69, 9.17) is 16.7 Å². The smallest absolute Gasteiger partial charge is 0.267 e. The van der Waals surface area contributed by atoms with Gasteiger partial charge in [0.2, 0.25) is 0 Å². The molecule has 0 spiro atoms. The van der Waals surface area contributed by atoms with E-state index in [1.807, 2.05) is 4.72 Å². The number of hydrogen-bond donors (Lipinski definition) is 2. The lowest BCUT2D eigenvalue weighted by Crippen LogP contribution is -2.17. The van der Waals surface area contributed by atoms with Crippen molar-refractivity contribution in [3.8, 4) is 0 Å². The van der Waals surface area contributed by atoms with Crippen LogP contribution < -0.4 is 4.72 Å².